The Balaban J connectivity index is 2.05. The van der Waals surface area contributed by atoms with Gasteiger partial charge in [-0.05, 0) is 0 Å². The van der Waals surface area contributed by atoms with Crippen molar-refractivity contribution in [1.29, 1.82) is 0 Å². The molecule has 9 heteroatoms. The maximum absolute atomic E-state index is 9.75. The van der Waals surface area contributed by atoms with Crippen molar-refractivity contribution in [1.82, 2.24) is 19.7 Å². The molecule has 3 rings (SSSR count). The molecule has 0 spiro atoms. The number of ether oxygens (including phenoxy) is 1. The SMILES string of the molecule is Nc1nc(=S)c2cnn([C@H]3C[C@H](O)[C@@H](CO)O3)c2[nH]1. The molecule has 19 heavy (non-hydrogen) atoms. The average Bonchev–Trinajstić information content (AvgIpc) is 2.92. The molecule has 0 radical (unpaired) electrons. The number of anilines is 1. The van der Waals surface area contributed by atoms with Gasteiger partial charge in [-0.2, -0.15) is 5.10 Å². The van der Waals surface area contributed by atoms with Crippen molar-refractivity contribution in [2.24, 2.45) is 0 Å². The highest BCUT2D eigenvalue weighted by Crippen LogP contribution is 2.30. The van der Waals surface area contributed by atoms with Crippen LogP contribution in [0.2, 0.25) is 0 Å². The lowest BCUT2D eigenvalue weighted by Gasteiger charge is -2.13. The van der Waals surface area contributed by atoms with Gasteiger partial charge in [0.25, 0.3) is 0 Å². The predicted octanol–water partition coefficient (Wildman–Crippen LogP) is -0.288. The van der Waals surface area contributed by atoms with Gasteiger partial charge in [-0.3, -0.25) is 0 Å². The van der Waals surface area contributed by atoms with Gasteiger partial charge in [0.05, 0.1) is 24.3 Å². The van der Waals surface area contributed by atoms with Crippen LogP contribution in [0.5, 0.6) is 0 Å². The standard InChI is InChI=1S/C10H13N5O3S/c11-10-13-8-4(9(19)14-10)2-12-15(8)7-1-5(17)6(3-16)18-7/h2,5-7,16-17H,1,3H2,(H3,11,13,14,19)/t5-,6+,7+/m0/s1. The van der Waals surface area contributed by atoms with E-state index in [0.717, 1.165) is 0 Å². The molecule has 3 heterocycles. The highest BCUT2D eigenvalue weighted by atomic mass is 32.1. The third kappa shape index (κ3) is 2.00. The van der Waals surface area contributed by atoms with Crippen molar-refractivity contribution in [2.45, 2.75) is 24.9 Å². The van der Waals surface area contributed by atoms with Gasteiger partial charge in [-0.1, -0.05) is 12.2 Å². The Labute approximate surface area is 112 Å². The molecule has 0 bridgehead atoms. The molecule has 0 aliphatic carbocycles. The second-order valence-electron chi connectivity index (χ2n) is 4.39. The number of nitrogens with one attached hydrogen (secondary N) is 1. The van der Waals surface area contributed by atoms with Crippen molar-refractivity contribution >= 4 is 29.2 Å². The van der Waals surface area contributed by atoms with Gasteiger partial charge in [-0.15, -0.1) is 0 Å². The Kier molecular flexibility index (Phi) is 2.97. The van der Waals surface area contributed by atoms with Crippen LogP contribution in [-0.4, -0.2) is 48.8 Å². The van der Waals surface area contributed by atoms with Crippen molar-refractivity contribution < 1.29 is 14.9 Å². The average molecular weight is 283 g/mol. The smallest absolute Gasteiger partial charge is 0.200 e. The first-order valence-corrected chi connectivity index (χ1v) is 6.18. The van der Waals surface area contributed by atoms with E-state index in [4.69, 9.17) is 27.8 Å². The lowest BCUT2D eigenvalue weighted by atomic mass is 10.2. The number of hydrogen-bond acceptors (Lipinski definition) is 7. The molecule has 8 nitrogen and oxygen atoms in total. The van der Waals surface area contributed by atoms with Crippen LogP contribution in [0.25, 0.3) is 11.0 Å². The maximum atomic E-state index is 9.75. The second kappa shape index (κ2) is 4.53. The number of aliphatic hydroxyl groups is 2. The lowest BCUT2D eigenvalue weighted by Crippen LogP contribution is -2.24. The summed E-state index contributed by atoms with van der Waals surface area (Å²) >= 11 is 5.10. The van der Waals surface area contributed by atoms with E-state index in [1.807, 2.05) is 0 Å². The number of nitrogens with zero attached hydrogens (tertiary/aromatic N) is 3. The van der Waals surface area contributed by atoms with Gasteiger partial charge in [-0.25, -0.2) is 9.67 Å². The Morgan fingerprint density at radius 1 is 1.63 bits per heavy atom. The van der Waals surface area contributed by atoms with Crippen molar-refractivity contribution in [2.75, 3.05) is 12.3 Å². The Hall–Kier alpha value is -1.55. The molecule has 2 aromatic heterocycles. The summed E-state index contributed by atoms with van der Waals surface area (Å²) in [5.41, 5.74) is 6.22. The molecule has 102 valence electrons. The number of fused-ring (bicyclic) bond motifs is 1. The van der Waals surface area contributed by atoms with E-state index < -0.39 is 18.4 Å². The largest absolute Gasteiger partial charge is 0.394 e. The minimum Gasteiger partial charge on any atom is -0.394 e. The molecule has 0 unspecified atom stereocenters. The predicted molar refractivity (Wildman–Crippen MR) is 68.7 cm³/mol. The van der Waals surface area contributed by atoms with Crippen molar-refractivity contribution in [3.05, 3.63) is 10.8 Å². The number of aliphatic hydroxyl groups excluding tert-OH is 2. The van der Waals surface area contributed by atoms with E-state index in [9.17, 15) is 5.11 Å². The molecule has 1 saturated heterocycles. The number of aromatic nitrogens is 4. The Morgan fingerprint density at radius 3 is 3.11 bits per heavy atom. The Morgan fingerprint density at radius 2 is 2.42 bits per heavy atom. The highest BCUT2D eigenvalue weighted by Gasteiger charge is 2.35. The van der Waals surface area contributed by atoms with E-state index in [2.05, 4.69) is 15.1 Å². The molecule has 2 aromatic rings. The van der Waals surface area contributed by atoms with Crippen LogP contribution < -0.4 is 5.73 Å². The number of hydrogen-bond donors (Lipinski definition) is 4. The molecular weight excluding hydrogens is 270 g/mol. The summed E-state index contributed by atoms with van der Waals surface area (Å²) in [5, 5.41) is 23.7. The zero-order valence-corrected chi connectivity index (χ0v) is 10.7. The van der Waals surface area contributed by atoms with E-state index >= 15 is 0 Å². The zero-order valence-electron chi connectivity index (χ0n) is 9.85. The van der Waals surface area contributed by atoms with E-state index in [0.29, 0.717) is 22.1 Å². The quantitative estimate of drug-likeness (QED) is 0.559. The van der Waals surface area contributed by atoms with Crippen molar-refractivity contribution in [3.8, 4) is 0 Å². The summed E-state index contributed by atoms with van der Waals surface area (Å²) in [4.78, 5) is 6.82. The fraction of sp³-hybridized carbons (Fsp3) is 0.500. The number of rotatable bonds is 2. The van der Waals surface area contributed by atoms with Gasteiger partial charge in [0.1, 0.15) is 16.4 Å². The van der Waals surface area contributed by atoms with Crippen LogP contribution in [0, 0.1) is 4.64 Å². The molecule has 0 aromatic carbocycles. The summed E-state index contributed by atoms with van der Waals surface area (Å²) in [7, 11) is 0. The van der Waals surface area contributed by atoms with Crippen LogP contribution in [0.4, 0.5) is 5.95 Å². The first-order chi connectivity index (χ1) is 9.10. The van der Waals surface area contributed by atoms with Crippen LogP contribution in [-0.2, 0) is 4.74 Å². The topological polar surface area (TPSA) is 122 Å². The number of nitrogen functional groups attached to an aromatic ring is 1. The molecule has 3 atom stereocenters. The highest BCUT2D eigenvalue weighted by molar-refractivity contribution is 7.71. The minimum absolute atomic E-state index is 0.191. The third-order valence-electron chi connectivity index (χ3n) is 3.15. The molecular formula is C10H13N5O3S. The number of aromatic amines is 1. The zero-order chi connectivity index (χ0) is 13.6. The Bertz CT molecular complexity index is 669. The van der Waals surface area contributed by atoms with E-state index in [1.165, 1.54) is 0 Å². The molecule has 0 saturated carbocycles. The fourth-order valence-corrected chi connectivity index (χ4v) is 2.46. The summed E-state index contributed by atoms with van der Waals surface area (Å²) < 4.78 is 7.45. The first kappa shape index (κ1) is 12.5. The van der Waals surface area contributed by atoms with Gasteiger partial charge >= 0.3 is 0 Å². The molecule has 1 fully saturated rings. The third-order valence-corrected chi connectivity index (χ3v) is 3.46. The van der Waals surface area contributed by atoms with Crippen molar-refractivity contribution in [3.63, 3.8) is 0 Å². The molecule has 5 N–H and O–H groups in total. The van der Waals surface area contributed by atoms with E-state index in [-0.39, 0.29) is 12.6 Å². The molecule has 1 aliphatic rings. The molecule has 1 aliphatic heterocycles. The summed E-state index contributed by atoms with van der Waals surface area (Å²) in [6.07, 6.45) is 0.105. The van der Waals surface area contributed by atoms with Gasteiger partial charge in [0.15, 0.2) is 12.2 Å². The first-order valence-electron chi connectivity index (χ1n) is 5.77. The number of nitrogens with two attached hydrogens (primary N) is 1. The monoisotopic (exact) mass is 283 g/mol. The lowest BCUT2D eigenvalue weighted by molar-refractivity contribution is -0.0470. The second-order valence-corrected chi connectivity index (χ2v) is 4.78. The normalized spacial score (nSPS) is 27.2. The summed E-state index contributed by atoms with van der Waals surface area (Å²) in [6, 6.07) is 0. The van der Waals surface area contributed by atoms with Crippen LogP contribution in [0.3, 0.4) is 0 Å². The number of H-pyrrole nitrogens is 1. The van der Waals surface area contributed by atoms with Gasteiger partial charge < -0.3 is 25.7 Å². The fourth-order valence-electron chi connectivity index (χ4n) is 2.21. The van der Waals surface area contributed by atoms with Crippen LogP contribution >= 0.6 is 12.2 Å². The summed E-state index contributed by atoms with van der Waals surface area (Å²) in [5.74, 6) is 0.191. The van der Waals surface area contributed by atoms with Gasteiger partial charge in [0.2, 0.25) is 0 Å². The van der Waals surface area contributed by atoms with E-state index in [1.54, 1.807) is 10.9 Å². The minimum atomic E-state index is -0.726. The molecule has 0 amide bonds. The van der Waals surface area contributed by atoms with Crippen LogP contribution in [0.1, 0.15) is 12.6 Å². The van der Waals surface area contributed by atoms with Crippen LogP contribution in [0.15, 0.2) is 6.20 Å². The maximum Gasteiger partial charge on any atom is 0.200 e. The summed E-state index contributed by atoms with van der Waals surface area (Å²) in [6.45, 7) is -0.240. The van der Waals surface area contributed by atoms with Gasteiger partial charge in [0, 0.05) is 6.42 Å².